The number of benzene rings is 3. The average molecular weight is 443 g/mol. The number of hydrogen-bond acceptors (Lipinski definition) is 5. The number of nitrogens with zero attached hydrogens (tertiary/aromatic N) is 1. The van der Waals surface area contributed by atoms with Crippen molar-refractivity contribution in [2.24, 2.45) is 0 Å². The van der Waals surface area contributed by atoms with Gasteiger partial charge >= 0.3 is 0 Å². The Kier molecular flexibility index (Phi) is 6.18. The van der Waals surface area contributed by atoms with Crippen LogP contribution < -0.4 is 19.7 Å². The maximum absolute atomic E-state index is 13.6. The van der Waals surface area contributed by atoms with Crippen molar-refractivity contribution >= 4 is 28.8 Å². The summed E-state index contributed by atoms with van der Waals surface area (Å²) in [6.07, 6.45) is 0.0563. The maximum atomic E-state index is 13.6. The Morgan fingerprint density at radius 1 is 0.848 bits per heavy atom. The zero-order valence-corrected chi connectivity index (χ0v) is 19.1. The van der Waals surface area contributed by atoms with Crippen molar-refractivity contribution in [3.63, 3.8) is 0 Å². The number of hydrogen-bond donors (Lipinski definition) is 1. The Hall–Kier alpha value is -4.06. The van der Waals surface area contributed by atoms with E-state index in [1.807, 2.05) is 69.3 Å². The third kappa shape index (κ3) is 4.46. The second-order valence-electron chi connectivity index (χ2n) is 8.05. The fraction of sp³-hybridized carbons (Fsp3) is 0.185. The van der Waals surface area contributed by atoms with Crippen LogP contribution in [0.4, 0.5) is 11.4 Å². The quantitative estimate of drug-likeness (QED) is 0.510. The minimum Gasteiger partial charge on any atom is -0.496 e. The molecule has 0 spiro atoms. The van der Waals surface area contributed by atoms with Gasteiger partial charge in [-0.3, -0.25) is 9.59 Å². The van der Waals surface area contributed by atoms with Gasteiger partial charge < -0.3 is 14.8 Å². The van der Waals surface area contributed by atoms with Crippen molar-refractivity contribution in [3.05, 3.63) is 89.6 Å². The first-order chi connectivity index (χ1) is 15.9. The zero-order chi connectivity index (χ0) is 23.5. The molecular formula is C27H26N2O4. The molecule has 0 atom stereocenters. The SMILES string of the molecule is COc1ccccc1C1=C(Nc2ccc(OC(C)C)cc2)C(=O)N(c2ccc(C)cc2)C1=O. The van der Waals surface area contributed by atoms with Crippen LogP contribution in [0.5, 0.6) is 11.5 Å². The Labute approximate surface area is 193 Å². The molecule has 6 heteroatoms. The molecule has 3 aromatic rings. The molecule has 3 aromatic carbocycles. The molecule has 0 bridgehead atoms. The van der Waals surface area contributed by atoms with Crippen LogP contribution in [0.25, 0.3) is 5.57 Å². The number of anilines is 2. The highest BCUT2D eigenvalue weighted by Gasteiger charge is 2.41. The van der Waals surface area contributed by atoms with E-state index in [-0.39, 0.29) is 17.4 Å². The normalized spacial score (nSPS) is 13.7. The van der Waals surface area contributed by atoms with Crippen LogP contribution in [0.3, 0.4) is 0 Å². The molecule has 1 N–H and O–H groups in total. The molecule has 2 amide bonds. The van der Waals surface area contributed by atoms with Crippen molar-refractivity contribution < 1.29 is 19.1 Å². The largest absolute Gasteiger partial charge is 0.496 e. The van der Waals surface area contributed by atoms with Crippen molar-refractivity contribution in [1.82, 2.24) is 0 Å². The Morgan fingerprint density at radius 2 is 1.52 bits per heavy atom. The molecule has 0 saturated carbocycles. The first kappa shape index (κ1) is 22.1. The first-order valence-electron chi connectivity index (χ1n) is 10.8. The number of amides is 2. The number of para-hydroxylation sites is 1. The summed E-state index contributed by atoms with van der Waals surface area (Å²) in [5, 5.41) is 3.17. The lowest BCUT2D eigenvalue weighted by atomic mass is 10.0. The van der Waals surface area contributed by atoms with Gasteiger partial charge in [0, 0.05) is 11.3 Å². The number of aryl methyl sites for hydroxylation is 1. The van der Waals surface area contributed by atoms with Crippen molar-refractivity contribution in [3.8, 4) is 11.5 Å². The predicted molar refractivity (Wildman–Crippen MR) is 129 cm³/mol. The van der Waals surface area contributed by atoms with Gasteiger partial charge in [-0.1, -0.05) is 35.9 Å². The van der Waals surface area contributed by atoms with Crippen LogP contribution in [-0.2, 0) is 9.59 Å². The van der Waals surface area contributed by atoms with Gasteiger partial charge in [-0.15, -0.1) is 0 Å². The zero-order valence-electron chi connectivity index (χ0n) is 19.1. The summed E-state index contributed by atoms with van der Waals surface area (Å²) in [5.41, 5.74) is 3.23. The van der Waals surface area contributed by atoms with Crippen molar-refractivity contribution in [2.75, 3.05) is 17.3 Å². The molecule has 6 nitrogen and oxygen atoms in total. The minimum atomic E-state index is -0.424. The van der Waals surface area contributed by atoms with Crippen LogP contribution in [-0.4, -0.2) is 25.0 Å². The molecule has 0 aromatic heterocycles. The van der Waals surface area contributed by atoms with Crippen LogP contribution in [0.2, 0.25) is 0 Å². The highest BCUT2D eigenvalue weighted by atomic mass is 16.5. The lowest BCUT2D eigenvalue weighted by Gasteiger charge is -2.16. The van der Waals surface area contributed by atoms with E-state index < -0.39 is 11.8 Å². The number of rotatable bonds is 7. The summed E-state index contributed by atoms with van der Waals surface area (Å²) < 4.78 is 11.2. The molecule has 4 rings (SSSR count). The molecular weight excluding hydrogens is 416 g/mol. The molecule has 1 aliphatic heterocycles. The smallest absolute Gasteiger partial charge is 0.282 e. The van der Waals surface area contributed by atoms with E-state index in [2.05, 4.69) is 5.32 Å². The van der Waals surface area contributed by atoms with Gasteiger partial charge in [0.15, 0.2) is 0 Å². The Morgan fingerprint density at radius 3 is 2.15 bits per heavy atom. The Bertz CT molecular complexity index is 1210. The first-order valence-corrected chi connectivity index (χ1v) is 10.8. The van der Waals surface area contributed by atoms with Gasteiger partial charge in [-0.05, 0) is 63.2 Å². The lowest BCUT2D eigenvalue weighted by molar-refractivity contribution is -0.120. The number of methoxy groups -OCH3 is 1. The van der Waals surface area contributed by atoms with E-state index >= 15 is 0 Å². The number of nitrogens with one attached hydrogen (secondary N) is 1. The van der Waals surface area contributed by atoms with Crippen molar-refractivity contribution in [1.29, 1.82) is 0 Å². The molecule has 0 aliphatic carbocycles. The standard InChI is InChI=1S/C27H26N2O4/c1-17(2)33-21-15-11-19(12-16-21)28-25-24(22-7-5-6-8-23(22)32-4)26(30)29(27(25)31)20-13-9-18(3)10-14-20/h5-17,28H,1-4H3. The molecule has 0 saturated heterocycles. The van der Waals surface area contributed by atoms with Gasteiger partial charge in [0.05, 0.1) is 24.5 Å². The molecule has 0 unspecified atom stereocenters. The predicted octanol–water partition coefficient (Wildman–Crippen LogP) is 5.19. The Balaban J connectivity index is 1.77. The van der Waals surface area contributed by atoms with E-state index in [0.717, 1.165) is 11.3 Å². The van der Waals surface area contributed by atoms with Crippen LogP contribution in [0, 0.1) is 6.92 Å². The summed E-state index contributed by atoms with van der Waals surface area (Å²) in [6.45, 7) is 5.87. The summed E-state index contributed by atoms with van der Waals surface area (Å²) in [5.74, 6) is 0.409. The number of carbonyl (C=O) groups is 2. The van der Waals surface area contributed by atoms with Gasteiger partial charge in [-0.2, -0.15) is 0 Å². The summed E-state index contributed by atoms with van der Waals surface area (Å²) in [6, 6.07) is 21.7. The van der Waals surface area contributed by atoms with Gasteiger partial charge in [0.2, 0.25) is 0 Å². The van der Waals surface area contributed by atoms with Crippen LogP contribution in [0.15, 0.2) is 78.5 Å². The molecule has 1 aliphatic rings. The summed E-state index contributed by atoms with van der Waals surface area (Å²) >= 11 is 0. The van der Waals surface area contributed by atoms with Gasteiger partial charge in [-0.25, -0.2) is 4.90 Å². The fourth-order valence-corrected chi connectivity index (χ4v) is 3.71. The van der Waals surface area contributed by atoms with E-state index in [9.17, 15) is 9.59 Å². The highest BCUT2D eigenvalue weighted by Crippen LogP contribution is 2.37. The highest BCUT2D eigenvalue weighted by molar-refractivity contribution is 6.46. The van der Waals surface area contributed by atoms with E-state index in [0.29, 0.717) is 22.7 Å². The van der Waals surface area contributed by atoms with E-state index in [1.54, 1.807) is 31.4 Å². The third-order valence-corrected chi connectivity index (χ3v) is 5.25. The van der Waals surface area contributed by atoms with Crippen LogP contribution in [0.1, 0.15) is 25.0 Å². The molecule has 33 heavy (non-hydrogen) atoms. The van der Waals surface area contributed by atoms with Crippen LogP contribution >= 0.6 is 0 Å². The second-order valence-corrected chi connectivity index (χ2v) is 8.05. The summed E-state index contributed by atoms with van der Waals surface area (Å²) in [7, 11) is 1.54. The second kappa shape index (κ2) is 9.20. The van der Waals surface area contributed by atoms with E-state index in [1.165, 1.54) is 4.90 Å². The summed E-state index contributed by atoms with van der Waals surface area (Å²) in [4.78, 5) is 28.3. The lowest BCUT2D eigenvalue weighted by Crippen LogP contribution is -2.32. The van der Waals surface area contributed by atoms with Gasteiger partial charge in [0.25, 0.3) is 11.8 Å². The number of ether oxygens (including phenoxy) is 2. The minimum absolute atomic E-state index is 0.0563. The van der Waals surface area contributed by atoms with E-state index in [4.69, 9.17) is 9.47 Å². The monoisotopic (exact) mass is 442 g/mol. The fourth-order valence-electron chi connectivity index (χ4n) is 3.71. The molecule has 0 radical (unpaired) electrons. The third-order valence-electron chi connectivity index (χ3n) is 5.25. The molecule has 1 heterocycles. The van der Waals surface area contributed by atoms with Crippen molar-refractivity contribution in [2.45, 2.75) is 26.9 Å². The number of imide groups is 1. The molecule has 168 valence electrons. The topological polar surface area (TPSA) is 67.9 Å². The average Bonchev–Trinajstić information content (AvgIpc) is 3.04. The number of carbonyl (C=O) groups excluding carboxylic acids is 2. The maximum Gasteiger partial charge on any atom is 0.282 e. The van der Waals surface area contributed by atoms with Gasteiger partial charge in [0.1, 0.15) is 17.2 Å². The molecule has 0 fully saturated rings.